The second-order valence-electron chi connectivity index (χ2n) is 9.64. The zero-order chi connectivity index (χ0) is 28.8. The average Bonchev–Trinajstić information content (AvgIpc) is 3.64. The fourth-order valence-corrected chi connectivity index (χ4v) is 7.12. The highest BCUT2D eigenvalue weighted by Gasteiger charge is 2.41. The molecule has 4 atom stereocenters. The maximum atomic E-state index is 14.2. The molecule has 0 aliphatic carbocycles. The number of piperidine rings is 1. The largest absolute Gasteiger partial charge is 0.616 e. The summed E-state index contributed by atoms with van der Waals surface area (Å²) in [7, 11) is 0. The van der Waals surface area contributed by atoms with Crippen LogP contribution in [0.4, 0.5) is 22.0 Å². The fourth-order valence-electron chi connectivity index (χ4n) is 4.89. The van der Waals surface area contributed by atoms with Crippen LogP contribution in [0.15, 0.2) is 34.8 Å². The van der Waals surface area contributed by atoms with Gasteiger partial charge in [0, 0.05) is 24.0 Å². The summed E-state index contributed by atoms with van der Waals surface area (Å²) >= 11 is -0.0112. The van der Waals surface area contributed by atoms with Crippen molar-refractivity contribution in [3.63, 3.8) is 0 Å². The molecule has 4 unspecified atom stereocenters. The summed E-state index contributed by atoms with van der Waals surface area (Å²) in [5, 5.41) is 9.50. The lowest BCUT2D eigenvalue weighted by Gasteiger charge is -2.37. The predicted octanol–water partition coefficient (Wildman–Crippen LogP) is 4.57. The summed E-state index contributed by atoms with van der Waals surface area (Å²) in [5.74, 6) is -2.10. The number of carbonyl (C=O) groups is 1. The number of hydrogen-bond donors (Lipinski definition) is 0. The number of oxime groups is 1. The average molecular weight is 602 g/mol. The van der Waals surface area contributed by atoms with E-state index in [0.29, 0.717) is 29.4 Å². The number of amides is 1. The van der Waals surface area contributed by atoms with Crippen LogP contribution in [0.1, 0.15) is 52.5 Å². The first-order valence-corrected chi connectivity index (χ1v) is 14.8. The molecule has 1 aromatic carbocycles. The van der Waals surface area contributed by atoms with Crippen molar-refractivity contribution in [3.8, 4) is 0 Å². The van der Waals surface area contributed by atoms with E-state index in [2.05, 4.69) is 15.2 Å². The molecular weight excluding hydrogens is 577 g/mol. The third kappa shape index (κ3) is 5.72. The summed E-state index contributed by atoms with van der Waals surface area (Å²) in [6.45, 7) is 1.53. The Morgan fingerprint density at radius 3 is 2.65 bits per heavy atom. The van der Waals surface area contributed by atoms with Crippen molar-refractivity contribution < 1.29 is 36.1 Å². The molecule has 8 nitrogen and oxygen atoms in total. The van der Waals surface area contributed by atoms with E-state index in [4.69, 9.17) is 4.84 Å². The Balaban J connectivity index is 1.25. The number of halogens is 5. The topological polar surface area (TPSA) is 95.7 Å². The van der Waals surface area contributed by atoms with E-state index in [9.17, 15) is 31.3 Å². The Kier molecular flexibility index (Phi) is 7.90. The first-order chi connectivity index (χ1) is 18.9. The first kappa shape index (κ1) is 28.5. The van der Waals surface area contributed by atoms with Gasteiger partial charge < -0.3 is 14.3 Å². The monoisotopic (exact) mass is 601 g/mol. The summed E-state index contributed by atoms with van der Waals surface area (Å²) in [6, 6.07) is 4.46. The molecule has 0 spiro atoms. The maximum absolute atomic E-state index is 14.2. The number of rotatable bonds is 6. The van der Waals surface area contributed by atoms with E-state index in [1.54, 1.807) is 5.38 Å². The molecule has 5 rings (SSSR count). The standard InChI is InChI=1S/C25H24F5N5O3S2/c1-13-8-21(25(28,29)30)32-35(13)11-22(36)34-7-6-14(20(10-34)40(2)37)24-31-18(12-39-24)17-9-19(38-33-17)23-15(26)4-3-5-16(23)27/h3-5,8,12,14,19-20H,6-7,9-11H2,1-2H3. The van der Waals surface area contributed by atoms with Crippen molar-refractivity contribution in [2.75, 3.05) is 19.3 Å². The number of aryl methyl sites for hydroxylation is 1. The second-order valence-corrected chi connectivity index (χ2v) is 12.1. The Labute approximate surface area is 233 Å². The minimum Gasteiger partial charge on any atom is -0.616 e. The van der Waals surface area contributed by atoms with Gasteiger partial charge in [-0.05, 0) is 31.5 Å². The second kappa shape index (κ2) is 11.1. The zero-order valence-corrected chi connectivity index (χ0v) is 23.0. The number of carbonyl (C=O) groups excluding carboxylic acids is 1. The van der Waals surface area contributed by atoms with Gasteiger partial charge in [-0.15, -0.1) is 11.3 Å². The molecule has 0 bridgehead atoms. The van der Waals surface area contributed by atoms with E-state index in [0.717, 1.165) is 22.9 Å². The van der Waals surface area contributed by atoms with Crippen LogP contribution in [0, 0.1) is 18.6 Å². The number of likely N-dealkylation sites (tertiary alicyclic amines) is 1. The SMILES string of the molecule is Cc1cc(C(F)(F)F)nn1CC(=O)N1CCC(c2nc(C3=NOC(c4c(F)cccc4F)C3)cs2)C([S+](C)[O-])C1. The minimum atomic E-state index is -4.61. The van der Waals surface area contributed by atoms with E-state index in [1.165, 1.54) is 35.5 Å². The lowest BCUT2D eigenvalue weighted by atomic mass is 9.96. The van der Waals surface area contributed by atoms with Gasteiger partial charge in [0.25, 0.3) is 0 Å². The van der Waals surface area contributed by atoms with Crippen LogP contribution in [-0.2, 0) is 33.5 Å². The highest BCUT2D eigenvalue weighted by atomic mass is 32.2. The Bertz CT molecular complexity index is 1420. The number of benzene rings is 1. The first-order valence-electron chi connectivity index (χ1n) is 12.3. The Hall–Kier alpha value is -3.04. The third-order valence-electron chi connectivity index (χ3n) is 7.02. The van der Waals surface area contributed by atoms with Gasteiger partial charge in [0.2, 0.25) is 5.91 Å². The number of alkyl halides is 3. The molecular formula is C25H24F5N5O3S2. The molecule has 4 heterocycles. The number of aromatic nitrogens is 3. The van der Waals surface area contributed by atoms with Crippen molar-refractivity contribution in [2.24, 2.45) is 5.16 Å². The third-order valence-corrected chi connectivity index (χ3v) is 9.33. The van der Waals surface area contributed by atoms with Crippen molar-refractivity contribution >= 4 is 34.1 Å². The number of thiazole rings is 1. The molecule has 15 heteroatoms. The molecule has 1 saturated heterocycles. The van der Waals surface area contributed by atoms with Crippen LogP contribution in [0.5, 0.6) is 0 Å². The molecule has 1 amide bonds. The van der Waals surface area contributed by atoms with E-state index < -0.39 is 51.9 Å². The Morgan fingerprint density at radius 1 is 1.27 bits per heavy atom. The molecule has 214 valence electrons. The summed E-state index contributed by atoms with van der Waals surface area (Å²) < 4.78 is 81.1. The molecule has 0 N–H and O–H groups in total. The van der Waals surface area contributed by atoms with E-state index in [-0.39, 0.29) is 36.7 Å². The highest BCUT2D eigenvalue weighted by molar-refractivity contribution is 7.91. The zero-order valence-electron chi connectivity index (χ0n) is 21.3. The van der Waals surface area contributed by atoms with Crippen LogP contribution < -0.4 is 0 Å². The van der Waals surface area contributed by atoms with Gasteiger partial charge in [-0.1, -0.05) is 22.4 Å². The molecule has 2 aliphatic rings. The molecule has 2 aliphatic heterocycles. The van der Waals surface area contributed by atoms with Gasteiger partial charge in [-0.3, -0.25) is 9.48 Å². The van der Waals surface area contributed by atoms with Crippen molar-refractivity contribution in [3.05, 3.63) is 68.9 Å². The smallest absolute Gasteiger partial charge is 0.435 e. The van der Waals surface area contributed by atoms with Crippen molar-refractivity contribution in [2.45, 2.75) is 49.8 Å². The Morgan fingerprint density at radius 2 is 2.00 bits per heavy atom. The maximum Gasteiger partial charge on any atom is 0.435 e. The summed E-state index contributed by atoms with van der Waals surface area (Å²) in [4.78, 5) is 24.4. The number of hydrogen-bond acceptors (Lipinski definition) is 7. The lowest BCUT2D eigenvalue weighted by molar-refractivity contribution is -0.142. The van der Waals surface area contributed by atoms with Crippen LogP contribution in [0.25, 0.3) is 0 Å². The molecule has 40 heavy (non-hydrogen) atoms. The molecule has 0 radical (unpaired) electrons. The van der Waals surface area contributed by atoms with Gasteiger partial charge in [-0.2, -0.15) is 18.3 Å². The summed E-state index contributed by atoms with van der Waals surface area (Å²) in [5.41, 5.74) is -0.126. The summed E-state index contributed by atoms with van der Waals surface area (Å²) in [6.07, 6.45) is -3.42. The number of nitrogens with zero attached hydrogens (tertiary/aromatic N) is 5. The van der Waals surface area contributed by atoms with Crippen LogP contribution in [0.2, 0.25) is 0 Å². The molecule has 0 saturated carbocycles. The minimum absolute atomic E-state index is 0.125. The van der Waals surface area contributed by atoms with Gasteiger partial charge in [-0.25, -0.2) is 13.8 Å². The van der Waals surface area contributed by atoms with Crippen LogP contribution in [-0.4, -0.2) is 60.4 Å². The molecule has 2 aromatic heterocycles. The fraction of sp³-hybridized carbons (Fsp3) is 0.440. The van der Waals surface area contributed by atoms with E-state index in [1.807, 2.05) is 0 Å². The quantitative estimate of drug-likeness (QED) is 0.305. The predicted molar refractivity (Wildman–Crippen MR) is 137 cm³/mol. The molecule has 1 fully saturated rings. The highest BCUT2D eigenvalue weighted by Crippen LogP contribution is 2.37. The van der Waals surface area contributed by atoms with E-state index >= 15 is 0 Å². The van der Waals surface area contributed by atoms with Crippen molar-refractivity contribution in [1.82, 2.24) is 19.7 Å². The van der Waals surface area contributed by atoms with Crippen molar-refractivity contribution in [1.29, 1.82) is 0 Å². The lowest BCUT2D eigenvalue weighted by Crippen LogP contribution is -2.49. The van der Waals surface area contributed by atoms with Gasteiger partial charge in [0.15, 0.2) is 11.8 Å². The van der Waals surface area contributed by atoms with Crippen LogP contribution in [0.3, 0.4) is 0 Å². The normalized spacial score (nSPS) is 22.2. The van der Waals surface area contributed by atoms with Gasteiger partial charge in [0.05, 0.1) is 30.0 Å². The van der Waals surface area contributed by atoms with Gasteiger partial charge in [0.1, 0.15) is 34.1 Å². The van der Waals surface area contributed by atoms with Gasteiger partial charge >= 0.3 is 6.18 Å². The molecule has 3 aromatic rings. The van der Waals surface area contributed by atoms with Crippen LogP contribution >= 0.6 is 11.3 Å².